The first-order chi connectivity index (χ1) is 16.5. The number of carbonyl (C=O) groups is 1. The van der Waals surface area contributed by atoms with E-state index < -0.39 is 28.7 Å². The number of carboxylic acids is 1. The van der Waals surface area contributed by atoms with Crippen molar-refractivity contribution in [1.82, 2.24) is 0 Å². The van der Waals surface area contributed by atoms with Gasteiger partial charge in [-0.25, -0.2) is 4.79 Å². The molecule has 3 rings (SSSR count). The second-order valence-corrected chi connectivity index (χ2v) is 8.12. The molecule has 0 spiro atoms. The molecule has 1 heterocycles. The second-order valence-electron chi connectivity index (χ2n) is 7.07. The fourth-order valence-corrected chi connectivity index (χ4v) is 4.00. The van der Waals surface area contributed by atoms with Crippen LogP contribution in [0.5, 0.6) is 11.5 Å². The van der Waals surface area contributed by atoms with Crippen molar-refractivity contribution >= 4 is 33.7 Å². The van der Waals surface area contributed by atoms with E-state index in [0.29, 0.717) is 11.3 Å². The molecule has 0 fully saturated rings. The number of aromatic carboxylic acids is 1. The maximum atomic E-state index is 13.4. The summed E-state index contributed by atoms with van der Waals surface area (Å²) < 4.78 is 55.9. The average molecular weight is 512 g/mol. The summed E-state index contributed by atoms with van der Waals surface area (Å²) in [4.78, 5) is 22.3. The Morgan fingerprint density at radius 1 is 1.23 bits per heavy atom. The fraction of sp³-hybridized carbons (Fsp3) is 0.227. The normalized spacial score (nSPS) is 12.1. The molecule has 0 bridgehead atoms. The van der Waals surface area contributed by atoms with Gasteiger partial charge in [0.2, 0.25) is 0 Å². The third kappa shape index (κ3) is 6.19. The first-order valence-corrected chi connectivity index (χ1v) is 10.7. The van der Waals surface area contributed by atoms with Crippen LogP contribution in [-0.2, 0) is 10.9 Å². The highest BCUT2D eigenvalue weighted by atomic mass is 32.1. The molecule has 35 heavy (non-hydrogen) atoms. The van der Waals surface area contributed by atoms with Crippen LogP contribution in [0.15, 0.2) is 48.5 Å². The smallest absolute Gasteiger partial charge is 0.416 e. The van der Waals surface area contributed by atoms with Crippen LogP contribution in [0, 0.1) is 10.1 Å². The van der Waals surface area contributed by atoms with E-state index in [9.17, 15) is 33.2 Å². The number of ether oxygens (including phenoxy) is 3. The van der Waals surface area contributed by atoms with Crippen LogP contribution >= 0.6 is 11.3 Å². The molecule has 0 aliphatic carbocycles. The van der Waals surface area contributed by atoms with E-state index in [1.165, 1.54) is 56.5 Å². The minimum Gasteiger partial charge on any atom is -0.484 e. The molecule has 0 saturated heterocycles. The van der Waals surface area contributed by atoms with Crippen LogP contribution in [0.25, 0.3) is 0 Å². The Balaban J connectivity index is 1.93. The third-order valence-corrected chi connectivity index (χ3v) is 5.69. The minimum absolute atomic E-state index is 0.00353. The van der Waals surface area contributed by atoms with E-state index in [2.05, 4.69) is 5.32 Å². The van der Waals surface area contributed by atoms with Gasteiger partial charge in [-0.15, -0.1) is 11.3 Å². The molecule has 186 valence electrons. The van der Waals surface area contributed by atoms with Gasteiger partial charge in [-0.2, -0.15) is 13.2 Å². The van der Waals surface area contributed by atoms with Gasteiger partial charge in [0.1, 0.15) is 23.3 Å². The number of carboxylic acid groups (broad SMARTS) is 1. The Morgan fingerprint density at radius 3 is 2.57 bits per heavy atom. The topological polar surface area (TPSA) is 120 Å². The Morgan fingerprint density at radius 2 is 1.94 bits per heavy atom. The highest BCUT2D eigenvalue weighted by Gasteiger charge is 2.35. The number of nitrogens with one attached hydrogen (secondary N) is 1. The van der Waals surface area contributed by atoms with Crippen LogP contribution in [0.1, 0.15) is 33.8 Å². The Bertz CT molecular complexity index is 1230. The summed E-state index contributed by atoms with van der Waals surface area (Å²) in [5, 5.41) is 23.9. The zero-order valence-corrected chi connectivity index (χ0v) is 19.1. The van der Waals surface area contributed by atoms with Crippen molar-refractivity contribution < 1.29 is 42.2 Å². The van der Waals surface area contributed by atoms with Crippen molar-refractivity contribution in [3.8, 4) is 11.5 Å². The molecule has 1 atom stereocenters. The number of nitro benzene ring substituents is 1. The molecular formula is C22H19F3N2O7S. The summed E-state index contributed by atoms with van der Waals surface area (Å²) in [6.45, 7) is 1.26. The number of anilines is 2. The lowest BCUT2D eigenvalue weighted by atomic mass is 10.0. The number of nitro groups is 1. The highest BCUT2D eigenvalue weighted by Crippen LogP contribution is 2.41. The lowest BCUT2D eigenvalue weighted by Crippen LogP contribution is -2.14. The van der Waals surface area contributed by atoms with Crippen molar-refractivity contribution in [3.05, 3.63) is 74.6 Å². The highest BCUT2D eigenvalue weighted by molar-refractivity contribution is 7.18. The second kappa shape index (κ2) is 10.6. The largest absolute Gasteiger partial charge is 0.484 e. The molecule has 13 heteroatoms. The van der Waals surface area contributed by atoms with E-state index >= 15 is 0 Å². The molecule has 3 aromatic rings. The minimum atomic E-state index is -4.62. The van der Waals surface area contributed by atoms with Gasteiger partial charge >= 0.3 is 12.1 Å². The zero-order valence-electron chi connectivity index (χ0n) is 18.3. The van der Waals surface area contributed by atoms with E-state index in [0.717, 1.165) is 6.07 Å². The number of alkyl halides is 3. The van der Waals surface area contributed by atoms with E-state index in [1.807, 2.05) is 0 Å². The number of rotatable bonds is 10. The zero-order chi connectivity index (χ0) is 25.8. The molecular weight excluding hydrogens is 493 g/mol. The number of hydrogen-bond acceptors (Lipinski definition) is 8. The van der Waals surface area contributed by atoms with Gasteiger partial charge in [-0.1, -0.05) is 18.2 Å². The van der Waals surface area contributed by atoms with E-state index in [1.54, 1.807) is 0 Å². The van der Waals surface area contributed by atoms with Gasteiger partial charge in [0, 0.05) is 30.9 Å². The molecule has 0 aliphatic heterocycles. The van der Waals surface area contributed by atoms with Gasteiger partial charge in [0.25, 0.3) is 5.69 Å². The quantitative estimate of drug-likeness (QED) is 0.186. The molecule has 2 aromatic carbocycles. The van der Waals surface area contributed by atoms with Crippen LogP contribution in [0.3, 0.4) is 0 Å². The average Bonchev–Trinajstić information content (AvgIpc) is 3.19. The van der Waals surface area contributed by atoms with Crippen LogP contribution in [-0.4, -0.2) is 29.9 Å². The molecule has 1 aromatic heterocycles. The number of benzene rings is 2. The number of methoxy groups -OCH3 is 1. The van der Waals surface area contributed by atoms with Gasteiger partial charge < -0.3 is 24.6 Å². The van der Waals surface area contributed by atoms with Crippen molar-refractivity contribution in [1.29, 1.82) is 0 Å². The van der Waals surface area contributed by atoms with E-state index in [4.69, 9.17) is 14.2 Å². The summed E-state index contributed by atoms with van der Waals surface area (Å²) in [5.74, 6) is -1.31. The predicted molar refractivity (Wildman–Crippen MR) is 121 cm³/mol. The number of thiophene rings is 1. The Kier molecular flexibility index (Phi) is 7.82. The van der Waals surface area contributed by atoms with Crippen molar-refractivity contribution in [2.45, 2.75) is 19.2 Å². The van der Waals surface area contributed by atoms with Gasteiger partial charge in [0.05, 0.1) is 15.5 Å². The van der Waals surface area contributed by atoms with Gasteiger partial charge in [0.15, 0.2) is 11.7 Å². The number of hydrogen-bond donors (Lipinski definition) is 2. The van der Waals surface area contributed by atoms with Crippen molar-refractivity contribution in [2.24, 2.45) is 0 Å². The Labute approximate surface area is 200 Å². The standard InChI is InChI=1S/C22H19F3N2O7S/c1-12(14-5-3-4-6-15(14)22(23,24)25)34-18-10-19(35-20(18)21(28)29)26-16-9-13(33-11-32-2)7-8-17(16)27(30)31/h3-10,12,26H,11H2,1-2H3,(H,28,29)/t12-/m1/s1. The van der Waals surface area contributed by atoms with Gasteiger partial charge in [-0.05, 0) is 19.1 Å². The lowest BCUT2D eigenvalue weighted by Gasteiger charge is -2.19. The molecule has 0 aliphatic rings. The summed E-state index contributed by atoms with van der Waals surface area (Å²) >= 11 is 0.708. The SMILES string of the molecule is COCOc1ccc([N+](=O)[O-])c(Nc2cc(O[C@H](C)c3ccccc3C(F)(F)F)c(C(=O)O)s2)c1. The van der Waals surface area contributed by atoms with Crippen LogP contribution < -0.4 is 14.8 Å². The lowest BCUT2D eigenvalue weighted by molar-refractivity contribution is -0.383. The summed E-state index contributed by atoms with van der Waals surface area (Å²) in [6, 6.07) is 9.97. The van der Waals surface area contributed by atoms with Crippen LogP contribution in [0.4, 0.5) is 29.5 Å². The summed E-state index contributed by atoms with van der Waals surface area (Å²) in [6.07, 6.45) is -5.77. The first-order valence-electron chi connectivity index (χ1n) is 9.88. The van der Waals surface area contributed by atoms with Gasteiger partial charge in [-0.3, -0.25) is 10.1 Å². The monoisotopic (exact) mass is 512 g/mol. The summed E-state index contributed by atoms with van der Waals surface area (Å²) in [7, 11) is 1.40. The number of nitrogens with zero attached hydrogens (tertiary/aromatic N) is 1. The fourth-order valence-electron chi connectivity index (χ4n) is 3.16. The molecule has 9 nitrogen and oxygen atoms in total. The molecule has 0 amide bonds. The Hall–Kier alpha value is -3.84. The number of halogens is 3. The molecule has 2 N–H and O–H groups in total. The maximum absolute atomic E-state index is 13.4. The molecule has 0 radical (unpaired) electrons. The third-order valence-electron chi connectivity index (χ3n) is 4.67. The summed E-state index contributed by atoms with van der Waals surface area (Å²) in [5.41, 5.74) is -1.38. The predicted octanol–water partition coefficient (Wildman–Crippen LogP) is 6.24. The molecule has 0 saturated carbocycles. The van der Waals surface area contributed by atoms with Crippen LogP contribution in [0.2, 0.25) is 0 Å². The first kappa shape index (κ1) is 25.8. The molecule has 0 unspecified atom stereocenters. The van der Waals surface area contributed by atoms with Crippen molar-refractivity contribution in [2.75, 3.05) is 19.2 Å². The van der Waals surface area contributed by atoms with Crippen molar-refractivity contribution in [3.63, 3.8) is 0 Å². The maximum Gasteiger partial charge on any atom is 0.416 e. The van der Waals surface area contributed by atoms with E-state index in [-0.39, 0.29) is 45.1 Å².